The molecule has 4 heteroatoms. The van der Waals surface area contributed by atoms with Crippen molar-refractivity contribution >= 4 is 0 Å². The molecule has 0 saturated carbocycles. The smallest absolute Gasteiger partial charge is 0.0547 e. The Morgan fingerprint density at radius 2 is 2.22 bits per heavy atom. The van der Waals surface area contributed by atoms with Crippen molar-refractivity contribution < 1.29 is 9.47 Å². The second kappa shape index (κ2) is 6.85. The van der Waals surface area contributed by atoms with E-state index < -0.39 is 0 Å². The fourth-order valence-corrected chi connectivity index (χ4v) is 3.37. The second-order valence-corrected chi connectivity index (χ2v) is 6.11. The average molecular weight is 256 g/mol. The zero-order valence-electron chi connectivity index (χ0n) is 11.9. The van der Waals surface area contributed by atoms with Gasteiger partial charge >= 0.3 is 0 Å². The topological polar surface area (TPSA) is 33.7 Å². The Labute approximate surface area is 111 Å². The molecule has 2 heterocycles. The van der Waals surface area contributed by atoms with E-state index in [9.17, 15) is 0 Å². The van der Waals surface area contributed by atoms with E-state index in [2.05, 4.69) is 17.3 Å². The van der Waals surface area contributed by atoms with E-state index in [0.717, 1.165) is 52.0 Å². The third kappa shape index (κ3) is 3.92. The van der Waals surface area contributed by atoms with Crippen LogP contribution < -0.4 is 5.32 Å². The lowest BCUT2D eigenvalue weighted by molar-refractivity contribution is 0.0340. The number of nitrogens with one attached hydrogen (secondary N) is 1. The summed E-state index contributed by atoms with van der Waals surface area (Å²) in [5, 5.41) is 3.33. The maximum absolute atomic E-state index is 5.61. The van der Waals surface area contributed by atoms with E-state index in [0.29, 0.717) is 5.41 Å². The van der Waals surface area contributed by atoms with Crippen molar-refractivity contribution in [2.45, 2.75) is 19.3 Å². The lowest BCUT2D eigenvalue weighted by Crippen LogP contribution is -2.44. The summed E-state index contributed by atoms with van der Waals surface area (Å²) in [5.41, 5.74) is 0.318. The third-order valence-corrected chi connectivity index (χ3v) is 4.17. The van der Waals surface area contributed by atoms with Crippen LogP contribution in [0.1, 0.15) is 19.3 Å². The quantitative estimate of drug-likeness (QED) is 0.768. The molecule has 0 aromatic rings. The lowest BCUT2D eigenvalue weighted by Gasteiger charge is -2.34. The van der Waals surface area contributed by atoms with Crippen molar-refractivity contribution in [3.63, 3.8) is 0 Å². The molecule has 0 aromatic heterocycles. The highest BCUT2D eigenvalue weighted by Gasteiger charge is 2.35. The Balaban J connectivity index is 1.78. The maximum Gasteiger partial charge on any atom is 0.0547 e. The summed E-state index contributed by atoms with van der Waals surface area (Å²) >= 11 is 0. The van der Waals surface area contributed by atoms with Crippen LogP contribution in [0.4, 0.5) is 0 Å². The highest BCUT2D eigenvalue weighted by atomic mass is 16.5. The zero-order valence-corrected chi connectivity index (χ0v) is 11.9. The molecule has 2 fully saturated rings. The van der Waals surface area contributed by atoms with Gasteiger partial charge < -0.3 is 19.7 Å². The van der Waals surface area contributed by atoms with Crippen LogP contribution in [0.5, 0.6) is 0 Å². The molecular weight excluding hydrogens is 228 g/mol. The molecule has 0 spiro atoms. The summed E-state index contributed by atoms with van der Waals surface area (Å²) in [6, 6.07) is 0. The van der Waals surface area contributed by atoms with E-state index in [-0.39, 0.29) is 0 Å². The van der Waals surface area contributed by atoms with Gasteiger partial charge in [0.1, 0.15) is 0 Å². The molecule has 106 valence electrons. The monoisotopic (exact) mass is 256 g/mol. The van der Waals surface area contributed by atoms with Gasteiger partial charge in [-0.3, -0.25) is 0 Å². The first kappa shape index (κ1) is 14.3. The number of rotatable bonds is 6. The number of ether oxygens (including phenoxy) is 2. The lowest BCUT2D eigenvalue weighted by atomic mass is 9.86. The Morgan fingerprint density at radius 1 is 1.33 bits per heavy atom. The minimum Gasteiger partial charge on any atom is -0.381 e. The molecular formula is C14H28N2O2. The van der Waals surface area contributed by atoms with Crippen molar-refractivity contribution in [1.29, 1.82) is 0 Å². The highest BCUT2D eigenvalue weighted by molar-refractivity contribution is 4.88. The van der Waals surface area contributed by atoms with Crippen LogP contribution in [0.3, 0.4) is 0 Å². The molecule has 0 amide bonds. The summed E-state index contributed by atoms with van der Waals surface area (Å²) in [4.78, 5) is 2.48. The molecule has 0 aliphatic carbocycles. The van der Waals surface area contributed by atoms with Crippen molar-refractivity contribution in [3.8, 4) is 0 Å². The first-order valence-corrected chi connectivity index (χ1v) is 7.23. The van der Waals surface area contributed by atoms with Gasteiger partial charge in [0.05, 0.1) is 13.2 Å². The maximum atomic E-state index is 5.61. The van der Waals surface area contributed by atoms with Crippen LogP contribution in [0.25, 0.3) is 0 Å². The molecule has 2 saturated heterocycles. The van der Waals surface area contributed by atoms with Gasteiger partial charge in [0, 0.05) is 38.3 Å². The third-order valence-electron chi connectivity index (χ3n) is 4.17. The van der Waals surface area contributed by atoms with Crippen molar-refractivity contribution in [2.75, 3.05) is 60.2 Å². The number of nitrogens with zero attached hydrogens (tertiary/aromatic N) is 1. The van der Waals surface area contributed by atoms with Crippen LogP contribution in [0.15, 0.2) is 0 Å². The van der Waals surface area contributed by atoms with Crippen LogP contribution in [0, 0.1) is 11.3 Å². The van der Waals surface area contributed by atoms with Crippen LogP contribution in [-0.2, 0) is 9.47 Å². The van der Waals surface area contributed by atoms with Gasteiger partial charge in [0.2, 0.25) is 0 Å². The molecule has 1 N–H and O–H groups in total. The highest BCUT2D eigenvalue weighted by Crippen LogP contribution is 2.29. The van der Waals surface area contributed by atoms with Crippen LogP contribution >= 0.6 is 0 Å². The summed E-state index contributed by atoms with van der Waals surface area (Å²) in [5.74, 6) is 0.720. The predicted molar refractivity (Wildman–Crippen MR) is 72.8 cm³/mol. The molecule has 2 aliphatic heterocycles. The van der Waals surface area contributed by atoms with Crippen molar-refractivity contribution in [2.24, 2.45) is 11.3 Å². The Morgan fingerprint density at radius 3 is 2.83 bits per heavy atom. The first-order valence-electron chi connectivity index (χ1n) is 7.23. The predicted octanol–water partition coefficient (Wildman–Crippen LogP) is 0.971. The molecule has 18 heavy (non-hydrogen) atoms. The number of hydrogen-bond donors (Lipinski definition) is 1. The first-order chi connectivity index (χ1) is 8.74. The van der Waals surface area contributed by atoms with Gasteiger partial charge in [-0.15, -0.1) is 0 Å². The SMILES string of the molecule is CNCC1(CN(C)CC2CCCOC2)CCOC1. The van der Waals surface area contributed by atoms with Crippen molar-refractivity contribution in [3.05, 3.63) is 0 Å². The van der Waals surface area contributed by atoms with Crippen molar-refractivity contribution in [1.82, 2.24) is 10.2 Å². The van der Waals surface area contributed by atoms with Gasteiger partial charge in [0.25, 0.3) is 0 Å². The molecule has 0 radical (unpaired) electrons. The molecule has 2 unspecified atom stereocenters. The molecule has 2 rings (SSSR count). The zero-order chi connectivity index (χ0) is 12.8. The molecule has 0 aromatic carbocycles. The average Bonchev–Trinajstić information content (AvgIpc) is 2.79. The fraction of sp³-hybridized carbons (Fsp3) is 1.00. The Hall–Kier alpha value is -0.160. The fourth-order valence-electron chi connectivity index (χ4n) is 3.37. The van der Waals surface area contributed by atoms with Gasteiger partial charge in [-0.2, -0.15) is 0 Å². The Bertz CT molecular complexity index is 236. The normalized spacial score (nSPS) is 33.2. The molecule has 4 nitrogen and oxygen atoms in total. The standard InChI is InChI=1S/C14H28N2O2/c1-15-10-14(5-7-18-12-14)11-16(2)8-13-4-3-6-17-9-13/h13,15H,3-12H2,1-2H3. The summed E-state index contributed by atoms with van der Waals surface area (Å²) in [6.45, 7) is 7.06. The largest absolute Gasteiger partial charge is 0.381 e. The van der Waals surface area contributed by atoms with E-state index in [1.54, 1.807) is 0 Å². The Kier molecular flexibility index (Phi) is 5.42. The minimum atomic E-state index is 0.318. The van der Waals surface area contributed by atoms with Gasteiger partial charge in [0.15, 0.2) is 0 Å². The van der Waals surface area contributed by atoms with E-state index in [1.807, 2.05) is 7.05 Å². The minimum absolute atomic E-state index is 0.318. The van der Waals surface area contributed by atoms with Gasteiger partial charge in [-0.25, -0.2) is 0 Å². The van der Waals surface area contributed by atoms with Crippen LogP contribution in [0.2, 0.25) is 0 Å². The van der Waals surface area contributed by atoms with Gasteiger partial charge in [-0.1, -0.05) is 0 Å². The summed E-state index contributed by atoms with van der Waals surface area (Å²) in [7, 11) is 4.28. The number of hydrogen-bond acceptors (Lipinski definition) is 4. The molecule has 2 aliphatic rings. The van der Waals surface area contributed by atoms with Crippen LogP contribution in [-0.4, -0.2) is 65.1 Å². The van der Waals surface area contributed by atoms with E-state index >= 15 is 0 Å². The molecule has 0 bridgehead atoms. The molecule has 2 atom stereocenters. The summed E-state index contributed by atoms with van der Waals surface area (Å²) < 4.78 is 11.2. The summed E-state index contributed by atoms with van der Waals surface area (Å²) in [6.07, 6.45) is 3.72. The van der Waals surface area contributed by atoms with E-state index in [4.69, 9.17) is 9.47 Å². The second-order valence-electron chi connectivity index (χ2n) is 6.11. The van der Waals surface area contributed by atoms with Gasteiger partial charge in [-0.05, 0) is 39.3 Å². The van der Waals surface area contributed by atoms with E-state index in [1.165, 1.54) is 19.3 Å².